The molecule has 1 aromatic carbocycles. The number of nitrogens with zero attached hydrogens (tertiary/aromatic N) is 2. The fourth-order valence-corrected chi connectivity index (χ4v) is 2.54. The molecule has 0 saturated carbocycles. The largest absolute Gasteiger partial charge is 0.417 e. The Morgan fingerprint density at radius 2 is 1.95 bits per heavy atom. The number of hydrogen-bond acceptors (Lipinski definition) is 1. The lowest BCUT2D eigenvalue weighted by Crippen LogP contribution is -2.08. The molecule has 2 heterocycles. The highest BCUT2D eigenvalue weighted by molar-refractivity contribution is 9.10. The Bertz CT molecular complexity index is 777. The second kappa shape index (κ2) is 4.63. The molecule has 0 saturated heterocycles. The summed E-state index contributed by atoms with van der Waals surface area (Å²) in [5.74, 6) is 0.233. The van der Waals surface area contributed by atoms with E-state index in [4.69, 9.17) is 0 Å². The third-order valence-corrected chi connectivity index (χ3v) is 3.47. The Balaban J connectivity index is 2.33. The summed E-state index contributed by atoms with van der Waals surface area (Å²) in [4.78, 5) is 4.19. The van der Waals surface area contributed by atoms with E-state index in [1.165, 1.54) is 18.2 Å². The van der Waals surface area contributed by atoms with Gasteiger partial charge in [-0.25, -0.2) is 4.98 Å². The van der Waals surface area contributed by atoms with Crippen LogP contribution in [0.1, 0.15) is 5.56 Å². The van der Waals surface area contributed by atoms with Crippen LogP contribution in [0, 0.1) is 6.07 Å². The number of halogens is 4. The van der Waals surface area contributed by atoms with Crippen molar-refractivity contribution in [1.29, 1.82) is 0 Å². The molecule has 0 amide bonds. The predicted octanol–water partition coefficient (Wildman–Crippen LogP) is 4.58. The topological polar surface area (TPSA) is 17.3 Å². The normalized spacial score (nSPS) is 12.0. The van der Waals surface area contributed by atoms with E-state index in [1.54, 1.807) is 28.8 Å². The first-order valence-electron chi connectivity index (χ1n) is 5.69. The van der Waals surface area contributed by atoms with Gasteiger partial charge in [0.05, 0.1) is 11.1 Å². The van der Waals surface area contributed by atoms with Crippen molar-refractivity contribution in [3.8, 4) is 11.4 Å². The van der Waals surface area contributed by atoms with Gasteiger partial charge in [-0.05, 0) is 34.1 Å². The van der Waals surface area contributed by atoms with Crippen LogP contribution in [0.3, 0.4) is 0 Å². The van der Waals surface area contributed by atoms with Gasteiger partial charge in [0.2, 0.25) is 0 Å². The Morgan fingerprint density at radius 1 is 1.15 bits per heavy atom. The predicted molar refractivity (Wildman–Crippen MR) is 72.2 cm³/mol. The van der Waals surface area contributed by atoms with Gasteiger partial charge >= 0.3 is 6.18 Å². The van der Waals surface area contributed by atoms with Gasteiger partial charge in [0.15, 0.2) is 0 Å². The fraction of sp³-hybridized carbons (Fsp3) is 0.0714. The molecule has 2 nitrogen and oxygen atoms in total. The molecule has 101 valence electrons. The summed E-state index contributed by atoms with van der Waals surface area (Å²) in [5.41, 5.74) is -0.102. The number of imidazole rings is 1. The third kappa shape index (κ3) is 2.10. The monoisotopic (exact) mass is 339 g/mol. The van der Waals surface area contributed by atoms with Crippen molar-refractivity contribution in [3.05, 3.63) is 58.8 Å². The highest BCUT2D eigenvalue weighted by Crippen LogP contribution is 2.37. The van der Waals surface area contributed by atoms with Gasteiger partial charge in [-0.1, -0.05) is 24.3 Å². The van der Waals surface area contributed by atoms with Gasteiger partial charge in [-0.15, -0.1) is 0 Å². The van der Waals surface area contributed by atoms with Gasteiger partial charge in [0.1, 0.15) is 10.4 Å². The van der Waals surface area contributed by atoms with Crippen molar-refractivity contribution in [3.63, 3.8) is 0 Å². The van der Waals surface area contributed by atoms with Crippen LogP contribution in [0.15, 0.2) is 47.2 Å². The van der Waals surface area contributed by atoms with E-state index in [0.717, 1.165) is 0 Å². The number of alkyl halides is 3. The molecule has 0 atom stereocenters. The maximum atomic E-state index is 13.1. The first kappa shape index (κ1) is 13.2. The maximum Gasteiger partial charge on any atom is 0.417 e. The number of fused-ring (bicyclic) bond motifs is 1. The van der Waals surface area contributed by atoms with E-state index in [9.17, 15) is 13.2 Å². The Kier molecular flexibility index (Phi) is 3.05. The second-order valence-electron chi connectivity index (χ2n) is 4.14. The zero-order chi connectivity index (χ0) is 14.3. The third-order valence-electron chi connectivity index (χ3n) is 2.88. The summed E-state index contributed by atoms with van der Waals surface area (Å²) >= 11 is 3.27. The standard InChI is InChI=1S/C14H7BrF3N2/c15-12-11-7-3-4-8-20(11)13(19-12)9-5-1-2-6-10(9)14(16,17)18/h1-5,7-8H. The first-order chi connectivity index (χ1) is 9.48. The van der Waals surface area contributed by atoms with Crippen LogP contribution in [-0.2, 0) is 6.18 Å². The molecule has 0 spiro atoms. The summed E-state index contributed by atoms with van der Waals surface area (Å²) < 4.78 is 41.3. The molecular weight excluding hydrogens is 333 g/mol. The number of pyridine rings is 1. The fourth-order valence-electron chi connectivity index (χ4n) is 2.05. The van der Waals surface area contributed by atoms with Crippen LogP contribution in [0.25, 0.3) is 16.9 Å². The van der Waals surface area contributed by atoms with Crippen LogP contribution >= 0.6 is 15.9 Å². The van der Waals surface area contributed by atoms with E-state index in [2.05, 4.69) is 27.0 Å². The molecule has 1 radical (unpaired) electrons. The Labute approximate surface area is 121 Å². The summed E-state index contributed by atoms with van der Waals surface area (Å²) in [5, 5.41) is 0. The highest BCUT2D eigenvalue weighted by atomic mass is 79.9. The zero-order valence-corrected chi connectivity index (χ0v) is 11.5. The van der Waals surface area contributed by atoms with Gasteiger partial charge in [-0.3, -0.25) is 4.40 Å². The smallest absolute Gasteiger partial charge is 0.299 e. The summed E-state index contributed by atoms with van der Waals surface area (Å²) in [6.07, 6.45) is -2.79. The summed E-state index contributed by atoms with van der Waals surface area (Å²) in [7, 11) is 0. The van der Waals surface area contributed by atoms with Gasteiger partial charge < -0.3 is 0 Å². The molecule has 0 unspecified atom stereocenters. The molecular formula is C14H7BrF3N2. The minimum atomic E-state index is -4.47. The minimum Gasteiger partial charge on any atom is -0.299 e. The molecule has 20 heavy (non-hydrogen) atoms. The highest BCUT2D eigenvalue weighted by Gasteiger charge is 2.34. The van der Waals surface area contributed by atoms with Crippen LogP contribution in [0.5, 0.6) is 0 Å². The van der Waals surface area contributed by atoms with Crippen LogP contribution < -0.4 is 0 Å². The lowest BCUT2D eigenvalue weighted by Gasteiger charge is -2.11. The van der Waals surface area contributed by atoms with Crippen LogP contribution in [0.4, 0.5) is 13.2 Å². The lowest BCUT2D eigenvalue weighted by atomic mass is 10.1. The van der Waals surface area contributed by atoms with E-state index < -0.39 is 11.7 Å². The Hall–Kier alpha value is -1.82. The molecule has 3 aromatic rings. The maximum absolute atomic E-state index is 13.1. The number of hydrogen-bond donors (Lipinski definition) is 0. The average Bonchev–Trinajstić information content (AvgIpc) is 2.76. The number of benzene rings is 1. The van der Waals surface area contributed by atoms with E-state index >= 15 is 0 Å². The van der Waals surface area contributed by atoms with E-state index in [-0.39, 0.29) is 11.4 Å². The Morgan fingerprint density at radius 3 is 2.70 bits per heavy atom. The number of aromatic nitrogens is 2. The molecule has 0 aliphatic carbocycles. The SMILES string of the molecule is FC(F)(F)c1[c]cccc1-c1nc(Br)c2ccccn12. The molecule has 0 N–H and O–H groups in total. The van der Waals surface area contributed by atoms with Crippen molar-refractivity contribution in [2.75, 3.05) is 0 Å². The van der Waals surface area contributed by atoms with Crippen molar-refractivity contribution in [2.45, 2.75) is 6.18 Å². The first-order valence-corrected chi connectivity index (χ1v) is 6.48. The van der Waals surface area contributed by atoms with E-state index in [1.807, 2.05) is 0 Å². The molecule has 0 fully saturated rings. The van der Waals surface area contributed by atoms with Gasteiger partial charge in [0, 0.05) is 11.8 Å². The second-order valence-corrected chi connectivity index (χ2v) is 4.89. The van der Waals surface area contributed by atoms with Crippen LogP contribution in [0.2, 0.25) is 0 Å². The van der Waals surface area contributed by atoms with Crippen molar-refractivity contribution in [1.82, 2.24) is 9.38 Å². The van der Waals surface area contributed by atoms with E-state index in [0.29, 0.717) is 10.1 Å². The van der Waals surface area contributed by atoms with Crippen molar-refractivity contribution >= 4 is 21.4 Å². The summed E-state index contributed by atoms with van der Waals surface area (Å²) in [6, 6.07) is 11.7. The number of rotatable bonds is 1. The van der Waals surface area contributed by atoms with Gasteiger partial charge in [-0.2, -0.15) is 13.2 Å². The zero-order valence-electron chi connectivity index (χ0n) is 9.95. The van der Waals surface area contributed by atoms with Crippen molar-refractivity contribution < 1.29 is 13.2 Å². The molecule has 0 bridgehead atoms. The summed E-state index contributed by atoms with van der Waals surface area (Å²) in [6.45, 7) is 0. The van der Waals surface area contributed by atoms with Crippen LogP contribution in [-0.4, -0.2) is 9.38 Å². The average molecular weight is 340 g/mol. The molecule has 3 rings (SSSR count). The molecule has 0 aliphatic heterocycles. The molecule has 2 aromatic heterocycles. The lowest BCUT2D eigenvalue weighted by molar-refractivity contribution is -0.137. The molecule has 0 aliphatic rings. The quantitative estimate of drug-likeness (QED) is 0.634. The molecule has 6 heteroatoms. The van der Waals surface area contributed by atoms with Gasteiger partial charge in [0.25, 0.3) is 0 Å². The van der Waals surface area contributed by atoms with Crippen molar-refractivity contribution in [2.24, 2.45) is 0 Å². The minimum absolute atomic E-state index is 0.00639.